The molecule has 0 atom stereocenters. The van der Waals surface area contributed by atoms with Crippen molar-refractivity contribution < 1.29 is 29.3 Å². The number of hydrogen-bond donors (Lipinski definition) is 2. The van der Waals surface area contributed by atoms with Crippen LogP contribution in [0.3, 0.4) is 0 Å². The molecule has 0 aliphatic heterocycles. The maximum atomic E-state index is 12.4. The lowest BCUT2D eigenvalue weighted by atomic mass is 10.1. The van der Waals surface area contributed by atoms with Crippen LogP contribution in [0.15, 0.2) is 54.6 Å². The number of carbonyl (C=O) groups is 2. The molecule has 0 bridgehead atoms. The minimum Gasteiger partial charge on any atom is -0.508 e. The minimum atomic E-state index is -0.550. The lowest BCUT2D eigenvalue weighted by Crippen LogP contribution is -2.12. The van der Waals surface area contributed by atoms with Crippen LogP contribution < -0.4 is 9.47 Å². The van der Waals surface area contributed by atoms with Gasteiger partial charge in [-0.25, -0.2) is 9.59 Å². The topological polar surface area (TPSA) is 93.1 Å². The summed E-state index contributed by atoms with van der Waals surface area (Å²) in [5.41, 5.74) is 2.51. The molecule has 6 nitrogen and oxygen atoms in total. The Hall–Kier alpha value is -3.80. The Bertz CT molecular complexity index is 1100. The molecule has 3 aromatic rings. The van der Waals surface area contributed by atoms with Crippen molar-refractivity contribution in [1.82, 2.24) is 0 Å². The van der Waals surface area contributed by atoms with E-state index in [9.17, 15) is 19.8 Å². The van der Waals surface area contributed by atoms with Crippen LogP contribution in [0.1, 0.15) is 37.4 Å². The summed E-state index contributed by atoms with van der Waals surface area (Å²) in [5, 5.41) is 18.9. The van der Waals surface area contributed by atoms with Gasteiger partial charge < -0.3 is 19.7 Å². The van der Waals surface area contributed by atoms with Crippen LogP contribution in [-0.2, 0) is 0 Å². The van der Waals surface area contributed by atoms with E-state index in [0.29, 0.717) is 39.3 Å². The van der Waals surface area contributed by atoms with Crippen LogP contribution in [0.25, 0.3) is 0 Å². The van der Waals surface area contributed by atoms with Crippen LogP contribution in [-0.4, -0.2) is 22.2 Å². The summed E-state index contributed by atoms with van der Waals surface area (Å²) >= 11 is 0. The summed E-state index contributed by atoms with van der Waals surface area (Å²) in [6.45, 7) is 5.14. The van der Waals surface area contributed by atoms with Gasteiger partial charge in [0.1, 0.15) is 23.0 Å². The number of ether oxygens (including phenoxy) is 2. The fraction of sp³-hybridized carbons (Fsp3) is 0.130. The molecule has 2 N–H and O–H groups in total. The van der Waals surface area contributed by atoms with Crippen LogP contribution in [0, 0.1) is 20.8 Å². The minimum absolute atomic E-state index is 0.0740. The van der Waals surface area contributed by atoms with Gasteiger partial charge >= 0.3 is 11.9 Å². The van der Waals surface area contributed by atoms with Gasteiger partial charge in [0.05, 0.1) is 11.1 Å². The van der Waals surface area contributed by atoms with Crippen molar-refractivity contribution in [1.29, 1.82) is 0 Å². The summed E-state index contributed by atoms with van der Waals surface area (Å²) < 4.78 is 10.8. The summed E-state index contributed by atoms with van der Waals surface area (Å²) in [4.78, 5) is 24.8. The second-order valence-electron chi connectivity index (χ2n) is 6.70. The first-order valence-electron chi connectivity index (χ1n) is 8.89. The van der Waals surface area contributed by atoms with Crippen LogP contribution in [0.4, 0.5) is 0 Å². The van der Waals surface area contributed by atoms with E-state index in [1.807, 2.05) is 0 Å². The zero-order chi connectivity index (χ0) is 21.1. The molecule has 0 heterocycles. The molecular formula is C23H20O6. The van der Waals surface area contributed by atoms with Crippen LogP contribution >= 0.6 is 0 Å². The monoisotopic (exact) mass is 392 g/mol. The van der Waals surface area contributed by atoms with Gasteiger partial charge in [0.25, 0.3) is 0 Å². The van der Waals surface area contributed by atoms with Crippen molar-refractivity contribution >= 4 is 11.9 Å². The van der Waals surface area contributed by atoms with E-state index in [1.165, 1.54) is 42.5 Å². The number of rotatable bonds is 4. The number of aryl methyl sites for hydroxylation is 3. The van der Waals surface area contributed by atoms with Gasteiger partial charge in [-0.2, -0.15) is 0 Å². The van der Waals surface area contributed by atoms with Crippen molar-refractivity contribution in [3.63, 3.8) is 0 Å². The summed E-state index contributed by atoms with van der Waals surface area (Å²) in [5.74, 6) is -0.305. The number of esters is 2. The highest BCUT2D eigenvalue weighted by Gasteiger charge is 2.16. The second kappa shape index (κ2) is 8.06. The van der Waals surface area contributed by atoms with E-state index in [1.54, 1.807) is 32.9 Å². The zero-order valence-corrected chi connectivity index (χ0v) is 16.2. The van der Waals surface area contributed by atoms with E-state index in [4.69, 9.17) is 9.47 Å². The molecule has 0 saturated carbocycles. The normalized spacial score (nSPS) is 10.4. The van der Waals surface area contributed by atoms with Gasteiger partial charge in [-0.1, -0.05) is 0 Å². The fourth-order valence-corrected chi connectivity index (χ4v) is 2.87. The Kier molecular flexibility index (Phi) is 5.54. The average Bonchev–Trinajstić information content (AvgIpc) is 2.63. The zero-order valence-electron chi connectivity index (χ0n) is 16.2. The summed E-state index contributed by atoms with van der Waals surface area (Å²) in [6.07, 6.45) is 0. The molecule has 6 heteroatoms. The van der Waals surface area contributed by atoms with Gasteiger partial charge in [0, 0.05) is 0 Å². The number of phenols is 2. The predicted octanol–water partition coefficient (Wildman–Crippen LogP) is 4.46. The smallest absolute Gasteiger partial charge is 0.343 e. The molecule has 0 saturated heterocycles. The van der Waals surface area contributed by atoms with Gasteiger partial charge in [-0.15, -0.1) is 0 Å². The first-order valence-corrected chi connectivity index (χ1v) is 8.89. The molecular weight excluding hydrogens is 372 g/mol. The molecule has 0 spiro atoms. The number of phenolic OH excluding ortho intramolecular Hbond substituents is 2. The molecule has 0 radical (unpaired) electrons. The molecule has 0 fully saturated rings. The van der Waals surface area contributed by atoms with Gasteiger partial charge in [0.2, 0.25) is 0 Å². The molecule has 0 amide bonds. The quantitative estimate of drug-likeness (QED) is 0.503. The van der Waals surface area contributed by atoms with E-state index in [0.717, 1.165) is 0 Å². The second-order valence-corrected chi connectivity index (χ2v) is 6.70. The van der Waals surface area contributed by atoms with Gasteiger partial charge in [-0.3, -0.25) is 0 Å². The third kappa shape index (κ3) is 4.55. The molecule has 3 aromatic carbocycles. The number of hydrogen-bond acceptors (Lipinski definition) is 6. The lowest BCUT2D eigenvalue weighted by molar-refractivity contribution is 0.0717. The van der Waals surface area contributed by atoms with Crippen molar-refractivity contribution in [3.05, 3.63) is 82.4 Å². The Labute approximate surface area is 168 Å². The lowest BCUT2D eigenvalue weighted by Gasteiger charge is -2.11. The Balaban J connectivity index is 1.74. The Morgan fingerprint density at radius 3 is 1.66 bits per heavy atom. The van der Waals surface area contributed by atoms with Crippen LogP contribution in [0.5, 0.6) is 23.0 Å². The molecule has 0 unspecified atom stereocenters. The SMILES string of the molecule is Cc1cc(OC(=O)c2ccc(O)cc2C)ccc1OC(=O)c1ccc(O)cc1C. The standard InChI is InChI=1S/C23H20O6/c1-13-10-16(24)4-7-19(13)22(26)28-18-6-9-21(15(3)12-18)29-23(27)20-8-5-17(25)11-14(20)2/h4-12,24-25H,1-3H3. The number of carbonyl (C=O) groups excluding carboxylic acids is 2. The highest BCUT2D eigenvalue weighted by Crippen LogP contribution is 2.26. The fourth-order valence-electron chi connectivity index (χ4n) is 2.87. The van der Waals surface area contributed by atoms with Crippen molar-refractivity contribution in [2.24, 2.45) is 0 Å². The molecule has 3 rings (SSSR count). The van der Waals surface area contributed by atoms with E-state index < -0.39 is 11.9 Å². The van der Waals surface area contributed by atoms with Gasteiger partial charge in [-0.05, 0) is 92.1 Å². The maximum Gasteiger partial charge on any atom is 0.343 e. The Morgan fingerprint density at radius 1 is 0.655 bits per heavy atom. The van der Waals surface area contributed by atoms with Crippen molar-refractivity contribution in [3.8, 4) is 23.0 Å². The largest absolute Gasteiger partial charge is 0.508 e. The highest BCUT2D eigenvalue weighted by atomic mass is 16.5. The molecule has 29 heavy (non-hydrogen) atoms. The summed E-state index contributed by atoms with van der Waals surface area (Å²) in [6, 6.07) is 13.5. The summed E-state index contributed by atoms with van der Waals surface area (Å²) in [7, 11) is 0. The first-order chi connectivity index (χ1) is 13.7. The molecule has 148 valence electrons. The first kappa shape index (κ1) is 19.9. The third-order valence-corrected chi connectivity index (χ3v) is 4.42. The Morgan fingerprint density at radius 2 is 1.17 bits per heavy atom. The van der Waals surface area contributed by atoms with Crippen molar-refractivity contribution in [2.45, 2.75) is 20.8 Å². The third-order valence-electron chi connectivity index (χ3n) is 4.42. The maximum absolute atomic E-state index is 12.4. The molecule has 0 aromatic heterocycles. The van der Waals surface area contributed by atoms with E-state index in [2.05, 4.69) is 0 Å². The predicted molar refractivity (Wildman–Crippen MR) is 107 cm³/mol. The number of benzene rings is 3. The van der Waals surface area contributed by atoms with E-state index in [-0.39, 0.29) is 11.5 Å². The molecule has 0 aliphatic carbocycles. The highest BCUT2D eigenvalue weighted by molar-refractivity contribution is 5.93. The van der Waals surface area contributed by atoms with E-state index >= 15 is 0 Å². The van der Waals surface area contributed by atoms with Gasteiger partial charge in [0.15, 0.2) is 0 Å². The molecule has 0 aliphatic rings. The average molecular weight is 392 g/mol. The van der Waals surface area contributed by atoms with Crippen molar-refractivity contribution in [2.75, 3.05) is 0 Å². The number of aromatic hydroxyl groups is 2. The van der Waals surface area contributed by atoms with Crippen LogP contribution in [0.2, 0.25) is 0 Å².